The Labute approximate surface area is 211 Å². The number of benzene rings is 1. The molecule has 1 unspecified atom stereocenters. The number of fused-ring (bicyclic) bond motifs is 2. The third kappa shape index (κ3) is 4.05. The van der Waals surface area contributed by atoms with Crippen molar-refractivity contribution >= 4 is 17.5 Å². The third-order valence-corrected chi connectivity index (χ3v) is 8.70. The first-order valence-corrected chi connectivity index (χ1v) is 13.2. The summed E-state index contributed by atoms with van der Waals surface area (Å²) in [5, 5.41) is 4.11. The van der Waals surface area contributed by atoms with Crippen LogP contribution in [-0.2, 0) is 16.6 Å². The maximum atomic E-state index is 14.4. The molecule has 180 valence electrons. The van der Waals surface area contributed by atoms with Crippen LogP contribution in [-0.4, -0.2) is 40.4 Å². The van der Waals surface area contributed by atoms with Crippen molar-refractivity contribution in [2.24, 2.45) is 5.92 Å². The highest BCUT2D eigenvalue weighted by Gasteiger charge is 2.52. The maximum Gasteiger partial charge on any atom is 0.228 e. The topological polar surface area (TPSA) is 58.1 Å². The van der Waals surface area contributed by atoms with Crippen LogP contribution in [0.25, 0.3) is 0 Å². The number of piperidine rings is 1. The molecule has 3 aromatic rings. The maximum absolute atomic E-state index is 14.4. The molecular weight excluding hydrogens is 456 g/mol. The van der Waals surface area contributed by atoms with Crippen molar-refractivity contribution in [1.82, 2.24) is 20.2 Å². The summed E-state index contributed by atoms with van der Waals surface area (Å²) in [5.74, 6) is 0.595. The predicted molar refractivity (Wildman–Crippen MR) is 137 cm³/mol. The van der Waals surface area contributed by atoms with Crippen LogP contribution in [0.3, 0.4) is 0 Å². The monoisotopic (exact) mass is 486 g/mol. The number of halogens is 1. The summed E-state index contributed by atoms with van der Waals surface area (Å²) in [5.41, 5.74) is 4.55. The van der Waals surface area contributed by atoms with Crippen LogP contribution in [0.15, 0.2) is 67.0 Å². The van der Waals surface area contributed by atoms with Crippen molar-refractivity contribution < 1.29 is 4.79 Å². The smallest absolute Gasteiger partial charge is 0.228 e. The van der Waals surface area contributed by atoms with E-state index in [1.807, 2.05) is 18.3 Å². The van der Waals surface area contributed by atoms with Crippen LogP contribution in [0.2, 0.25) is 5.15 Å². The second kappa shape index (κ2) is 9.36. The van der Waals surface area contributed by atoms with Gasteiger partial charge in [-0.1, -0.05) is 54.1 Å². The van der Waals surface area contributed by atoms with E-state index in [1.165, 1.54) is 11.1 Å². The van der Waals surface area contributed by atoms with Crippen LogP contribution in [0.4, 0.5) is 0 Å². The summed E-state index contributed by atoms with van der Waals surface area (Å²) in [6, 6.07) is 18.9. The van der Waals surface area contributed by atoms with Crippen molar-refractivity contribution in [2.75, 3.05) is 19.6 Å². The van der Waals surface area contributed by atoms with Crippen molar-refractivity contribution in [3.63, 3.8) is 0 Å². The van der Waals surface area contributed by atoms with Gasteiger partial charge >= 0.3 is 0 Å². The second-order valence-corrected chi connectivity index (χ2v) is 10.7. The van der Waals surface area contributed by atoms with Crippen molar-refractivity contribution in [2.45, 2.75) is 49.5 Å². The quantitative estimate of drug-likeness (QED) is 0.525. The van der Waals surface area contributed by atoms with Gasteiger partial charge in [-0.15, -0.1) is 0 Å². The lowest BCUT2D eigenvalue weighted by Crippen LogP contribution is -2.50. The second-order valence-electron chi connectivity index (χ2n) is 10.3. The molecule has 4 atom stereocenters. The molecule has 6 rings (SSSR count). The summed E-state index contributed by atoms with van der Waals surface area (Å²) in [6.07, 6.45) is 8.61. The minimum absolute atomic E-state index is 0.0270. The molecule has 1 N–H and O–H groups in total. The van der Waals surface area contributed by atoms with Gasteiger partial charge in [0.05, 0.1) is 12.0 Å². The zero-order valence-corrected chi connectivity index (χ0v) is 20.6. The van der Waals surface area contributed by atoms with Crippen LogP contribution < -0.4 is 5.32 Å². The number of hydrogen-bond donors (Lipinski definition) is 1. The summed E-state index contributed by atoms with van der Waals surface area (Å²) < 4.78 is 0. The molecule has 0 saturated carbocycles. The van der Waals surface area contributed by atoms with E-state index in [-0.39, 0.29) is 23.3 Å². The van der Waals surface area contributed by atoms with Gasteiger partial charge in [-0.3, -0.25) is 9.78 Å². The Morgan fingerprint density at radius 3 is 2.77 bits per heavy atom. The Morgan fingerprint density at radius 1 is 1.09 bits per heavy atom. The SMILES string of the molecule is O=C([C@@H]1CNC[C@]12CCCc1nc(Cl)ccc12)N1CC[C@@H](c2ccccc2)CC1c1cccnc1. The number of nitrogens with one attached hydrogen (secondary N) is 1. The number of likely N-dealkylation sites (tertiary alicyclic amines) is 1. The molecule has 2 saturated heterocycles. The number of rotatable bonds is 3. The van der Waals surface area contributed by atoms with E-state index in [0.717, 1.165) is 56.5 Å². The zero-order chi connectivity index (χ0) is 23.8. The third-order valence-electron chi connectivity index (χ3n) is 8.49. The average molecular weight is 487 g/mol. The Kier molecular flexibility index (Phi) is 6.07. The van der Waals surface area contributed by atoms with Crippen LogP contribution in [0.1, 0.15) is 60.0 Å². The van der Waals surface area contributed by atoms with Crippen molar-refractivity contribution in [1.29, 1.82) is 0 Å². The molecule has 1 spiro atoms. The minimum atomic E-state index is -0.210. The summed E-state index contributed by atoms with van der Waals surface area (Å²) in [7, 11) is 0. The average Bonchev–Trinajstić information content (AvgIpc) is 3.32. The highest BCUT2D eigenvalue weighted by molar-refractivity contribution is 6.29. The molecule has 6 heteroatoms. The first-order chi connectivity index (χ1) is 17.2. The van der Waals surface area contributed by atoms with Crippen molar-refractivity contribution in [3.05, 3.63) is 94.5 Å². The number of hydrogen-bond acceptors (Lipinski definition) is 4. The van der Waals surface area contributed by atoms with Crippen LogP contribution in [0.5, 0.6) is 0 Å². The van der Waals surface area contributed by atoms with Gasteiger partial charge in [-0.25, -0.2) is 4.98 Å². The first kappa shape index (κ1) is 22.7. The van der Waals surface area contributed by atoms with E-state index >= 15 is 0 Å². The summed E-state index contributed by atoms with van der Waals surface area (Å²) in [6.45, 7) is 2.29. The first-order valence-electron chi connectivity index (χ1n) is 12.8. The van der Waals surface area contributed by atoms with E-state index < -0.39 is 0 Å². The molecule has 2 aromatic heterocycles. The molecule has 1 aliphatic carbocycles. The highest BCUT2D eigenvalue weighted by atomic mass is 35.5. The molecule has 5 nitrogen and oxygen atoms in total. The fraction of sp³-hybridized carbons (Fsp3) is 0.414. The van der Waals surface area contributed by atoms with Gasteiger partial charge in [-0.2, -0.15) is 0 Å². The number of carbonyl (C=O) groups excluding carboxylic acids is 1. The number of aryl methyl sites for hydroxylation is 1. The van der Waals surface area contributed by atoms with E-state index in [0.29, 0.717) is 17.6 Å². The lowest BCUT2D eigenvalue weighted by atomic mass is 9.65. The van der Waals surface area contributed by atoms with Crippen LogP contribution >= 0.6 is 11.6 Å². The van der Waals surface area contributed by atoms with Gasteiger partial charge < -0.3 is 10.2 Å². The Morgan fingerprint density at radius 2 is 1.94 bits per heavy atom. The summed E-state index contributed by atoms with van der Waals surface area (Å²) in [4.78, 5) is 25.6. The van der Waals surface area contributed by atoms with E-state index in [2.05, 4.69) is 62.6 Å². The highest BCUT2D eigenvalue weighted by Crippen LogP contribution is 2.47. The summed E-state index contributed by atoms with van der Waals surface area (Å²) >= 11 is 6.24. The Bertz CT molecular complexity index is 1200. The van der Waals surface area contributed by atoms with Crippen LogP contribution in [0, 0.1) is 5.92 Å². The van der Waals surface area contributed by atoms with E-state index in [1.54, 1.807) is 6.20 Å². The number of pyridine rings is 2. The van der Waals surface area contributed by atoms with Crippen molar-refractivity contribution in [3.8, 4) is 0 Å². The minimum Gasteiger partial charge on any atom is -0.335 e. The van der Waals surface area contributed by atoms with Gasteiger partial charge in [-0.05, 0) is 66.8 Å². The largest absolute Gasteiger partial charge is 0.335 e. The van der Waals surface area contributed by atoms with Gasteiger partial charge in [0, 0.05) is 43.1 Å². The lowest BCUT2D eigenvalue weighted by molar-refractivity contribution is -0.141. The molecule has 0 bridgehead atoms. The molecule has 2 fully saturated rings. The lowest BCUT2D eigenvalue weighted by Gasteiger charge is -2.45. The molecule has 0 radical (unpaired) electrons. The Balaban J connectivity index is 1.34. The normalized spacial score (nSPS) is 28.1. The number of amides is 1. The van der Waals surface area contributed by atoms with Gasteiger partial charge in [0.25, 0.3) is 0 Å². The van der Waals surface area contributed by atoms with E-state index in [4.69, 9.17) is 11.6 Å². The van der Waals surface area contributed by atoms with Gasteiger partial charge in [0.2, 0.25) is 5.91 Å². The molecular formula is C29H31ClN4O. The molecule has 35 heavy (non-hydrogen) atoms. The molecule has 1 aromatic carbocycles. The van der Waals surface area contributed by atoms with Gasteiger partial charge in [0.1, 0.15) is 5.15 Å². The molecule has 2 aliphatic heterocycles. The number of carbonyl (C=O) groups is 1. The van der Waals surface area contributed by atoms with E-state index in [9.17, 15) is 4.79 Å². The number of nitrogens with zero attached hydrogens (tertiary/aromatic N) is 3. The number of aromatic nitrogens is 2. The molecule has 1 amide bonds. The Hall–Kier alpha value is -2.76. The predicted octanol–water partition coefficient (Wildman–Crippen LogP) is 5.07. The standard InChI is InChI=1S/C29H31ClN4O/c30-27-11-10-23-25(33-27)9-4-13-29(23)19-32-18-24(29)28(35)34-15-12-21(20-6-2-1-3-7-20)16-26(34)22-8-5-14-31-17-22/h1-3,5-8,10-11,14,17,21,24,26,32H,4,9,12-13,15-16,18-19H2/t21-,24+,26?,29+/m1/s1. The van der Waals surface area contributed by atoms with Gasteiger partial charge in [0.15, 0.2) is 0 Å². The zero-order valence-electron chi connectivity index (χ0n) is 19.9. The molecule has 3 aliphatic rings. The fourth-order valence-electron chi connectivity index (χ4n) is 6.80. The fourth-order valence-corrected chi connectivity index (χ4v) is 6.96. The molecule has 4 heterocycles.